The quantitative estimate of drug-likeness (QED) is 0.817. The van der Waals surface area contributed by atoms with E-state index in [0.29, 0.717) is 6.04 Å². The number of hydrogen-bond donors (Lipinski definition) is 1. The largest absolute Gasteiger partial charge is 0.394 e. The lowest BCUT2D eigenvalue weighted by Gasteiger charge is -2.30. The first-order chi connectivity index (χ1) is 7.33. The summed E-state index contributed by atoms with van der Waals surface area (Å²) in [5.74, 6) is 0. The summed E-state index contributed by atoms with van der Waals surface area (Å²) in [4.78, 5) is 2.41. The van der Waals surface area contributed by atoms with Gasteiger partial charge in [0.25, 0.3) is 0 Å². The van der Waals surface area contributed by atoms with E-state index < -0.39 is 0 Å². The SMILES string of the molecule is CC1CCCN1[C@@H](CO)c1ccccc1. The van der Waals surface area contributed by atoms with Gasteiger partial charge in [0.15, 0.2) is 0 Å². The van der Waals surface area contributed by atoms with Gasteiger partial charge in [0.2, 0.25) is 0 Å². The summed E-state index contributed by atoms with van der Waals surface area (Å²) in [6.07, 6.45) is 2.51. The van der Waals surface area contributed by atoms with Crippen LogP contribution in [0.25, 0.3) is 0 Å². The van der Waals surface area contributed by atoms with E-state index in [9.17, 15) is 5.11 Å². The molecule has 1 heterocycles. The van der Waals surface area contributed by atoms with Gasteiger partial charge >= 0.3 is 0 Å². The predicted molar refractivity (Wildman–Crippen MR) is 61.7 cm³/mol. The van der Waals surface area contributed by atoms with Gasteiger partial charge in [-0.05, 0) is 31.9 Å². The van der Waals surface area contributed by atoms with E-state index >= 15 is 0 Å². The first-order valence-electron chi connectivity index (χ1n) is 5.74. The molecule has 2 heteroatoms. The van der Waals surface area contributed by atoms with Crippen molar-refractivity contribution in [1.29, 1.82) is 0 Å². The van der Waals surface area contributed by atoms with Crippen LogP contribution in [0.2, 0.25) is 0 Å². The molecule has 15 heavy (non-hydrogen) atoms. The van der Waals surface area contributed by atoms with E-state index in [1.165, 1.54) is 18.4 Å². The van der Waals surface area contributed by atoms with Crippen LogP contribution in [0.4, 0.5) is 0 Å². The summed E-state index contributed by atoms with van der Waals surface area (Å²) in [7, 11) is 0. The van der Waals surface area contributed by atoms with Crippen LogP contribution in [0, 0.1) is 0 Å². The van der Waals surface area contributed by atoms with Crippen LogP contribution in [0.15, 0.2) is 30.3 Å². The van der Waals surface area contributed by atoms with E-state index in [4.69, 9.17) is 0 Å². The maximum absolute atomic E-state index is 9.52. The normalized spacial score (nSPS) is 24.3. The number of benzene rings is 1. The molecule has 1 aromatic rings. The number of aliphatic hydroxyl groups is 1. The molecule has 82 valence electrons. The lowest BCUT2D eigenvalue weighted by atomic mass is 10.1. The van der Waals surface area contributed by atoms with E-state index in [2.05, 4.69) is 24.0 Å². The molecular weight excluding hydrogens is 186 g/mol. The van der Waals surface area contributed by atoms with Gasteiger partial charge in [-0.2, -0.15) is 0 Å². The Labute approximate surface area is 91.5 Å². The zero-order valence-electron chi connectivity index (χ0n) is 9.26. The molecule has 0 aliphatic carbocycles. The Morgan fingerprint density at radius 1 is 1.40 bits per heavy atom. The highest BCUT2D eigenvalue weighted by Crippen LogP contribution is 2.28. The van der Waals surface area contributed by atoms with Crippen LogP contribution in [0.5, 0.6) is 0 Å². The van der Waals surface area contributed by atoms with Gasteiger partial charge in [-0.3, -0.25) is 4.90 Å². The third-order valence-corrected chi connectivity index (χ3v) is 3.36. The Hall–Kier alpha value is -0.860. The lowest BCUT2D eigenvalue weighted by molar-refractivity contribution is 0.118. The summed E-state index contributed by atoms with van der Waals surface area (Å²) >= 11 is 0. The number of aliphatic hydroxyl groups excluding tert-OH is 1. The molecular formula is C13H19NO. The third-order valence-electron chi connectivity index (χ3n) is 3.36. The minimum atomic E-state index is 0.184. The number of likely N-dealkylation sites (tertiary alicyclic amines) is 1. The zero-order chi connectivity index (χ0) is 10.7. The molecule has 1 unspecified atom stereocenters. The fourth-order valence-electron chi connectivity index (χ4n) is 2.50. The summed E-state index contributed by atoms with van der Waals surface area (Å²) < 4.78 is 0. The Bertz CT molecular complexity index is 299. The molecule has 1 fully saturated rings. The van der Waals surface area contributed by atoms with Crippen LogP contribution in [0.1, 0.15) is 31.4 Å². The zero-order valence-corrected chi connectivity index (χ0v) is 9.26. The average molecular weight is 205 g/mol. The van der Waals surface area contributed by atoms with Crippen molar-refractivity contribution >= 4 is 0 Å². The summed E-state index contributed by atoms with van der Waals surface area (Å²) in [5.41, 5.74) is 1.23. The predicted octanol–water partition coefficient (Wildman–Crippen LogP) is 2.20. The molecule has 2 nitrogen and oxygen atoms in total. The average Bonchev–Trinajstić information content (AvgIpc) is 2.68. The van der Waals surface area contributed by atoms with Crippen molar-refractivity contribution in [2.24, 2.45) is 0 Å². The molecule has 2 rings (SSSR count). The fourth-order valence-corrected chi connectivity index (χ4v) is 2.50. The van der Waals surface area contributed by atoms with E-state index in [1.54, 1.807) is 0 Å². The van der Waals surface area contributed by atoms with E-state index in [1.807, 2.05) is 18.2 Å². The first-order valence-corrected chi connectivity index (χ1v) is 5.74. The standard InChI is InChI=1S/C13H19NO/c1-11-6-5-9-14(11)13(10-15)12-7-3-2-4-8-12/h2-4,7-8,11,13,15H,5-6,9-10H2,1H3/t11?,13-/m0/s1. The van der Waals surface area contributed by atoms with Crippen LogP contribution >= 0.6 is 0 Å². The molecule has 0 bridgehead atoms. The molecule has 0 radical (unpaired) electrons. The van der Waals surface area contributed by atoms with Crippen LogP contribution < -0.4 is 0 Å². The van der Waals surface area contributed by atoms with Gasteiger partial charge in [-0.1, -0.05) is 30.3 Å². The molecule has 1 N–H and O–H groups in total. The molecule has 1 aliphatic rings. The number of nitrogens with zero attached hydrogens (tertiary/aromatic N) is 1. The molecule has 2 atom stereocenters. The van der Waals surface area contributed by atoms with Crippen LogP contribution in [-0.2, 0) is 0 Å². The molecule has 0 aromatic heterocycles. The lowest BCUT2D eigenvalue weighted by Crippen LogP contribution is -2.33. The Kier molecular flexibility index (Phi) is 3.39. The van der Waals surface area contributed by atoms with Crippen molar-refractivity contribution in [3.8, 4) is 0 Å². The van der Waals surface area contributed by atoms with Crippen LogP contribution in [-0.4, -0.2) is 29.2 Å². The van der Waals surface area contributed by atoms with Gasteiger partial charge in [0.05, 0.1) is 12.6 Å². The van der Waals surface area contributed by atoms with E-state index in [-0.39, 0.29) is 12.6 Å². The topological polar surface area (TPSA) is 23.5 Å². The molecule has 0 amide bonds. The van der Waals surface area contributed by atoms with Crippen molar-refractivity contribution in [2.45, 2.75) is 31.8 Å². The summed E-state index contributed by atoms with van der Waals surface area (Å²) in [6, 6.07) is 11.1. The summed E-state index contributed by atoms with van der Waals surface area (Å²) in [6.45, 7) is 3.58. The Balaban J connectivity index is 2.17. The van der Waals surface area contributed by atoms with Gasteiger partial charge in [-0.25, -0.2) is 0 Å². The molecule has 1 aliphatic heterocycles. The maximum Gasteiger partial charge on any atom is 0.0628 e. The molecule has 0 spiro atoms. The second-order valence-electron chi connectivity index (χ2n) is 4.34. The molecule has 1 aromatic carbocycles. The van der Waals surface area contributed by atoms with Gasteiger partial charge in [0.1, 0.15) is 0 Å². The van der Waals surface area contributed by atoms with Gasteiger partial charge < -0.3 is 5.11 Å². The van der Waals surface area contributed by atoms with Crippen molar-refractivity contribution < 1.29 is 5.11 Å². The highest BCUT2D eigenvalue weighted by Gasteiger charge is 2.27. The van der Waals surface area contributed by atoms with Crippen molar-refractivity contribution in [3.63, 3.8) is 0 Å². The summed E-state index contributed by atoms with van der Waals surface area (Å²) in [5, 5.41) is 9.52. The van der Waals surface area contributed by atoms with Crippen molar-refractivity contribution in [1.82, 2.24) is 4.90 Å². The van der Waals surface area contributed by atoms with Crippen LogP contribution in [0.3, 0.4) is 0 Å². The third kappa shape index (κ3) is 2.21. The highest BCUT2D eigenvalue weighted by atomic mass is 16.3. The minimum absolute atomic E-state index is 0.184. The second kappa shape index (κ2) is 4.77. The van der Waals surface area contributed by atoms with E-state index in [0.717, 1.165) is 6.54 Å². The first kappa shape index (κ1) is 10.7. The minimum Gasteiger partial charge on any atom is -0.394 e. The fraction of sp³-hybridized carbons (Fsp3) is 0.538. The number of hydrogen-bond acceptors (Lipinski definition) is 2. The highest BCUT2D eigenvalue weighted by molar-refractivity contribution is 5.19. The number of rotatable bonds is 3. The monoisotopic (exact) mass is 205 g/mol. The van der Waals surface area contributed by atoms with Gasteiger partial charge in [0, 0.05) is 6.04 Å². The Morgan fingerprint density at radius 2 is 2.13 bits per heavy atom. The second-order valence-corrected chi connectivity index (χ2v) is 4.34. The van der Waals surface area contributed by atoms with Crippen molar-refractivity contribution in [2.75, 3.05) is 13.2 Å². The van der Waals surface area contributed by atoms with Gasteiger partial charge in [-0.15, -0.1) is 0 Å². The molecule has 0 saturated carbocycles. The molecule has 1 saturated heterocycles. The smallest absolute Gasteiger partial charge is 0.0628 e. The maximum atomic E-state index is 9.52. The van der Waals surface area contributed by atoms with Crippen molar-refractivity contribution in [3.05, 3.63) is 35.9 Å². The Morgan fingerprint density at radius 3 is 2.67 bits per heavy atom.